The molecule has 0 bridgehead atoms. The molecule has 0 spiro atoms. The number of methoxy groups -OCH3 is 1. The van der Waals surface area contributed by atoms with E-state index >= 15 is 0 Å². The number of amides is 1. The second kappa shape index (κ2) is 6.95. The van der Waals surface area contributed by atoms with Crippen LogP contribution in [0.25, 0.3) is 11.3 Å². The smallest absolute Gasteiger partial charge is 0.272 e. The molecule has 0 unspecified atom stereocenters. The Morgan fingerprint density at radius 3 is 2.88 bits per heavy atom. The number of carbonyl (C=O) groups excluding carboxylic acids is 1. The van der Waals surface area contributed by atoms with Crippen LogP contribution in [0.4, 0.5) is 0 Å². The molecule has 0 saturated carbocycles. The molecule has 3 rings (SSSR count). The lowest BCUT2D eigenvalue weighted by Gasteiger charge is -2.04. The SMILES string of the molecule is COc1cccc(-c2cc(C(=O)NCc3cccnc3)nn2C)c1. The fraction of sp³-hybridized carbons (Fsp3) is 0.167. The lowest BCUT2D eigenvalue weighted by molar-refractivity contribution is 0.0945. The number of pyridine rings is 1. The zero-order valence-corrected chi connectivity index (χ0v) is 13.6. The number of ether oxygens (including phenoxy) is 1. The molecule has 0 saturated heterocycles. The van der Waals surface area contributed by atoms with E-state index in [1.54, 1.807) is 30.3 Å². The van der Waals surface area contributed by atoms with Crippen molar-refractivity contribution in [3.05, 3.63) is 66.1 Å². The van der Waals surface area contributed by atoms with Gasteiger partial charge in [0.1, 0.15) is 5.75 Å². The third kappa shape index (κ3) is 3.43. The summed E-state index contributed by atoms with van der Waals surface area (Å²) in [6.07, 6.45) is 3.42. The van der Waals surface area contributed by atoms with Gasteiger partial charge in [0.25, 0.3) is 5.91 Å². The van der Waals surface area contributed by atoms with E-state index in [0.29, 0.717) is 12.2 Å². The van der Waals surface area contributed by atoms with Gasteiger partial charge in [0.2, 0.25) is 0 Å². The minimum Gasteiger partial charge on any atom is -0.497 e. The first kappa shape index (κ1) is 15.7. The molecule has 2 heterocycles. The molecule has 0 radical (unpaired) electrons. The van der Waals surface area contributed by atoms with Gasteiger partial charge in [-0.1, -0.05) is 18.2 Å². The average molecular weight is 322 g/mol. The van der Waals surface area contributed by atoms with Gasteiger partial charge < -0.3 is 10.1 Å². The van der Waals surface area contributed by atoms with Gasteiger partial charge >= 0.3 is 0 Å². The van der Waals surface area contributed by atoms with Crippen LogP contribution in [0, 0.1) is 0 Å². The summed E-state index contributed by atoms with van der Waals surface area (Å²) < 4.78 is 6.93. The van der Waals surface area contributed by atoms with Crippen LogP contribution in [-0.4, -0.2) is 27.8 Å². The number of nitrogens with zero attached hydrogens (tertiary/aromatic N) is 3. The maximum absolute atomic E-state index is 12.3. The van der Waals surface area contributed by atoms with E-state index in [9.17, 15) is 4.79 Å². The summed E-state index contributed by atoms with van der Waals surface area (Å²) in [5.74, 6) is 0.542. The fourth-order valence-corrected chi connectivity index (χ4v) is 2.41. The van der Waals surface area contributed by atoms with Crippen molar-refractivity contribution in [3.63, 3.8) is 0 Å². The second-order valence-corrected chi connectivity index (χ2v) is 5.31. The minimum atomic E-state index is -0.219. The molecule has 6 nitrogen and oxygen atoms in total. The Hall–Kier alpha value is -3.15. The number of hydrogen-bond donors (Lipinski definition) is 1. The van der Waals surface area contributed by atoms with Gasteiger partial charge in [-0.2, -0.15) is 5.10 Å². The molecule has 1 amide bonds. The lowest BCUT2D eigenvalue weighted by Crippen LogP contribution is -2.23. The third-order valence-corrected chi connectivity index (χ3v) is 3.65. The van der Waals surface area contributed by atoms with E-state index in [4.69, 9.17) is 4.74 Å². The van der Waals surface area contributed by atoms with E-state index in [0.717, 1.165) is 22.6 Å². The largest absolute Gasteiger partial charge is 0.497 e. The van der Waals surface area contributed by atoms with Crippen molar-refractivity contribution in [1.82, 2.24) is 20.1 Å². The summed E-state index contributed by atoms with van der Waals surface area (Å²) in [5.41, 5.74) is 3.10. The molecule has 6 heteroatoms. The van der Waals surface area contributed by atoms with E-state index in [1.807, 2.05) is 43.4 Å². The minimum absolute atomic E-state index is 0.219. The molecule has 0 aliphatic carbocycles. The van der Waals surface area contributed by atoms with Crippen LogP contribution < -0.4 is 10.1 Å². The number of rotatable bonds is 5. The first-order valence-electron chi connectivity index (χ1n) is 7.53. The highest BCUT2D eigenvalue weighted by molar-refractivity contribution is 5.93. The Morgan fingerprint density at radius 1 is 1.25 bits per heavy atom. The van der Waals surface area contributed by atoms with Crippen molar-refractivity contribution in [3.8, 4) is 17.0 Å². The third-order valence-electron chi connectivity index (χ3n) is 3.65. The zero-order valence-electron chi connectivity index (χ0n) is 13.6. The summed E-state index contributed by atoms with van der Waals surface area (Å²) in [7, 11) is 3.44. The monoisotopic (exact) mass is 322 g/mol. The van der Waals surface area contributed by atoms with Gasteiger partial charge in [0.15, 0.2) is 5.69 Å². The van der Waals surface area contributed by atoms with Crippen LogP contribution in [0.2, 0.25) is 0 Å². The molecule has 0 atom stereocenters. The number of carbonyl (C=O) groups is 1. The quantitative estimate of drug-likeness (QED) is 0.783. The highest BCUT2D eigenvalue weighted by Crippen LogP contribution is 2.24. The zero-order chi connectivity index (χ0) is 16.9. The van der Waals surface area contributed by atoms with E-state index in [2.05, 4.69) is 15.4 Å². The van der Waals surface area contributed by atoms with Gasteiger partial charge in [-0.25, -0.2) is 0 Å². The van der Waals surface area contributed by atoms with Crippen molar-refractivity contribution >= 4 is 5.91 Å². The normalized spacial score (nSPS) is 10.4. The first-order chi connectivity index (χ1) is 11.7. The molecular weight excluding hydrogens is 304 g/mol. The van der Waals surface area contributed by atoms with Crippen molar-refractivity contribution in [1.29, 1.82) is 0 Å². The van der Waals surface area contributed by atoms with E-state index in [1.165, 1.54) is 0 Å². The Balaban J connectivity index is 1.76. The predicted octanol–water partition coefficient (Wildman–Crippen LogP) is 2.42. The van der Waals surface area contributed by atoms with Crippen LogP contribution >= 0.6 is 0 Å². The Bertz CT molecular complexity index is 843. The van der Waals surface area contributed by atoms with Crippen molar-refractivity contribution < 1.29 is 9.53 Å². The van der Waals surface area contributed by atoms with Gasteiger partial charge in [-0.3, -0.25) is 14.5 Å². The fourth-order valence-electron chi connectivity index (χ4n) is 2.41. The van der Waals surface area contributed by atoms with E-state index < -0.39 is 0 Å². The number of aromatic nitrogens is 3. The molecule has 2 aromatic heterocycles. The van der Waals surface area contributed by atoms with Crippen LogP contribution in [0.3, 0.4) is 0 Å². The molecule has 1 N–H and O–H groups in total. The Morgan fingerprint density at radius 2 is 2.12 bits per heavy atom. The van der Waals surface area contributed by atoms with Gasteiger partial charge in [0.05, 0.1) is 12.8 Å². The Kier molecular flexibility index (Phi) is 4.56. The number of hydrogen-bond acceptors (Lipinski definition) is 4. The number of aryl methyl sites for hydroxylation is 1. The highest BCUT2D eigenvalue weighted by Gasteiger charge is 2.14. The number of nitrogens with one attached hydrogen (secondary N) is 1. The molecular formula is C18H18N4O2. The molecule has 122 valence electrons. The molecule has 1 aromatic carbocycles. The van der Waals surface area contributed by atoms with E-state index in [-0.39, 0.29) is 5.91 Å². The van der Waals surface area contributed by atoms with Crippen molar-refractivity contribution in [2.45, 2.75) is 6.54 Å². The van der Waals surface area contributed by atoms with Gasteiger partial charge in [-0.05, 0) is 29.8 Å². The summed E-state index contributed by atoms with van der Waals surface area (Å²) >= 11 is 0. The summed E-state index contributed by atoms with van der Waals surface area (Å²) in [6, 6.07) is 13.2. The number of benzene rings is 1. The predicted molar refractivity (Wildman–Crippen MR) is 90.6 cm³/mol. The van der Waals surface area contributed by atoms with Crippen LogP contribution in [-0.2, 0) is 13.6 Å². The Labute approximate surface area is 140 Å². The standard InChI is InChI=1S/C18H18N4O2/c1-22-17(14-6-3-7-15(9-14)24-2)10-16(21-22)18(23)20-12-13-5-4-8-19-11-13/h3-11H,12H2,1-2H3,(H,20,23). The van der Waals surface area contributed by atoms with Crippen molar-refractivity contribution in [2.75, 3.05) is 7.11 Å². The second-order valence-electron chi connectivity index (χ2n) is 5.31. The van der Waals surface area contributed by atoms with Gasteiger partial charge in [-0.15, -0.1) is 0 Å². The topological polar surface area (TPSA) is 69.0 Å². The molecule has 0 fully saturated rings. The molecule has 0 aliphatic rings. The van der Waals surface area contributed by atoms with Crippen LogP contribution in [0.5, 0.6) is 5.75 Å². The summed E-state index contributed by atoms with van der Waals surface area (Å²) in [4.78, 5) is 16.3. The molecule has 0 aliphatic heterocycles. The maximum atomic E-state index is 12.3. The summed E-state index contributed by atoms with van der Waals surface area (Å²) in [6.45, 7) is 0.414. The average Bonchev–Trinajstić information content (AvgIpc) is 3.02. The van der Waals surface area contributed by atoms with Gasteiger partial charge in [0, 0.05) is 31.5 Å². The molecule has 3 aromatic rings. The maximum Gasteiger partial charge on any atom is 0.272 e. The first-order valence-corrected chi connectivity index (χ1v) is 7.53. The van der Waals surface area contributed by atoms with Crippen LogP contribution in [0.1, 0.15) is 16.1 Å². The van der Waals surface area contributed by atoms with Crippen molar-refractivity contribution in [2.24, 2.45) is 7.05 Å². The summed E-state index contributed by atoms with van der Waals surface area (Å²) in [5, 5.41) is 7.15. The van der Waals surface area contributed by atoms with Crippen LogP contribution in [0.15, 0.2) is 54.9 Å². The lowest BCUT2D eigenvalue weighted by atomic mass is 10.1. The molecule has 24 heavy (non-hydrogen) atoms. The highest BCUT2D eigenvalue weighted by atomic mass is 16.5.